The highest BCUT2D eigenvalue weighted by molar-refractivity contribution is 5.25. The summed E-state index contributed by atoms with van der Waals surface area (Å²) in [5.74, 6) is 0.243. The maximum Gasteiger partial charge on any atom is 0.264 e. The van der Waals surface area contributed by atoms with Crippen LogP contribution in [0.15, 0.2) is 0 Å². The van der Waals surface area contributed by atoms with Gasteiger partial charge in [-0.1, -0.05) is 0 Å². The Labute approximate surface area is 80.4 Å². The van der Waals surface area contributed by atoms with E-state index in [1.807, 2.05) is 0 Å². The van der Waals surface area contributed by atoms with Gasteiger partial charge in [0.2, 0.25) is 0 Å². The molecule has 0 aliphatic carbocycles. The second-order valence-electron chi connectivity index (χ2n) is 2.69. The normalized spacial score (nSPS) is 14.6. The SMILES string of the molecule is CC(O)Nc1nnc(NC(C)O)nn1. The van der Waals surface area contributed by atoms with Crippen molar-refractivity contribution in [1.82, 2.24) is 20.4 Å². The number of rotatable bonds is 4. The predicted molar refractivity (Wildman–Crippen MR) is 48.2 cm³/mol. The molecule has 0 saturated carbocycles. The van der Waals surface area contributed by atoms with Crippen molar-refractivity contribution in [2.24, 2.45) is 0 Å². The third-order valence-corrected chi connectivity index (χ3v) is 1.15. The smallest absolute Gasteiger partial charge is 0.264 e. The summed E-state index contributed by atoms with van der Waals surface area (Å²) in [6.07, 6.45) is -1.54. The van der Waals surface area contributed by atoms with E-state index in [1.165, 1.54) is 13.8 Å². The lowest BCUT2D eigenvalue weighted by Gasteiger charge is -2.07. The molecule has 4 N–H and O–H groups in total. The summed E-state index contributed by atoms with van der Waals surface area (Å²) in [5.41, 5.74) is 0. The molecule has 8 nitrogen and oxygen atoms in total. The Hall–Kier alpha value is -1.54. The topological polar surface area (TPSA) is 116 Å². The lowest BCUT2D eigenvalue weighted by molar-refractivity contribution is 0.221. The molecular formula is C6H12N6O2. The molecule has 0 bridgehead atoms. The molecule has 0 amide bonds. The minimum Gasteiger partial charge on any atom is -0.374 e. The van der Waals surface area contributed by atoms with Crippen LogP contribution in [0.1, 0.15) is 13.8 Å². The van der Waals surface area contributed by atoms with Gasteiger partial charge in [0, 0.05) is 0 Å². The van der Waals surface area contributed by atoms with Crippen LogP contribution in [0.4, 0.5) is 11.9 Å². The Morgan fingerprint density at radius 2 is 1.14 bits per heavy atom. The molecule has 0 aromatic carbocycles. The van der Waals surface area contributed by atoms with Gasteiger partial charge in [-0.05, 0) is 13.8 Å². The van der Waals surface area contributed by atoms with E-state index in [0.29, 0.717) is 0 Å². The van der Waals surface area contributed by atoms with Crippen LogP contribution in [0.2, 0.25) is 0 Å². The summed E-state index contributed by atoms with van der Waals surface area (Å²) >= 11 is 0. The predicted octanol–water partition coefficient (Wildman–Crippen LogP) is -1.23. The Kier molecular flexibility index (Phi) is 3.48. The Morgan fingerprint density at radius 3 is 1.36 bits per heavy atom. The second kappa shape index (κ2) is 4.63. The van der Waals surface area contributed by atoms with E-state index in [2.05, 4.69) is 31.0 Å². The molecule has 8 heteroatoms. The monoisotopic (exact) mass is 200 g/mol. The number of aliphatic hydroxyl groups is 2. The van der Waals surface area contributed by atoms with Gasteiger partial charge < -0.3 is 20.8 Å². The van der Waals surface area contributed by atoms with E-state index in [0.717, 1.165) is 0 Å². The highest BCUT2D eigenvalue weighted by atomic mass is 16.3. The van der Waals surface area contributed by atoms with E-state index in [-0.39, 0.29) is 11.9 Å². The van der Waals surface area contributed by atoms with Crippen LogP contribution >= 0.6 is 0 Å². The van der Waals surface area contributed by atoms with Crippen LogP contribution in [0.5, 0.6) is 0 Å². The maximum atomic E-state index is 8.92. The highest BCUT2D eigenvalue weighted by Crippen LogP contribution is 1.98. The summed E-state index contributed by atoms with van der Waals surface area (Å²) < 4.78 is 0. The fourth-order valence-electron chi connectivity index (χ4n) is 0.719. The van der Waals surface area contributed by atoms with Gasteiger partial charge in [0.15, 0.2) is 0 Å². The fraction of sp³-hybridized carbons (Fsp3) is 0.667. The minimum atomic E-state index is -0.769. The van der Waals surface area contributed by atoms with Gasteiger partial charge in [-0.3, -0.25) is 0 Å². The fourth-order valence-corrected chi connectivity index (χ4v) is 0.719. The molecule has 0 radical (unpaired) electrons. The molecule has 2 unspecified atom stereocenters. The van der Waals surface area contributed by atoms with Crippen LogP contribution in [0.25, 0.3) is 0 Å². The average molecular weight is 200 g/mol. The van der Waals surface area contributed by atoms with Crippen LogP contribution < -0.4 is 10.6 Å². The first-order chi connectivity index (χ1) is 6.58. The number of anilines is 2. The molecule has 0 aliphatic heterocycles. The molecule has 14 heavy (non-hydrogen) atoms. The number of nitrogens with zero attached hydrogens (tertiary/aromatic N) is 4. The largest absolute Gasteiger partial charge is 0.374 e. The van der Waals surface area contributed by atoms with Crippen molar-refractivity contribution in [3.05, 3.63) is 0 Å². The standard InChI is InChI=1S/C6H12N6O2/c1-3(13)7-5-9-11-6(12-10-5)8-4(2)14/h3-4,13-14H,1-2H3,(H,7,9,10)(H,8,11,12). The number of nitrogens with one attached hydrogen (secondary N) is 2. The summed E-state index contributed by atoms with van der Waals surface area (Å²) in [5, 5.41) is 37.3. The third-order valence-electron chi connectivity index (χ3n) is 1.15. The van der Waals surface area contributed by atoms with Gasteiger partial charge >= 0.3 is 0 Å². The summed E-state index contributed by atoms with van der Waals surface area (Å²) in [7, 11) is 0. The van der Waals surface area contributed by atoms with Crippen LogP contribution in [0, 0.1) is 0 Å². The van der Waals surface area contributed by atoms with Crippen LogP contribution in [-0.4, -0.2) is 43.1 Å². The Morgan fingerprint density at radius 1 is 0.857 bits per heavy atom. The van der Waals surface area contributed by atoms with E-state index in [9.17, 15) is 0 Å². The molecule has 0 fully saturated rings. The van der Waals surface area contributed by atoms with E-state index in [4.69, 9.17) is 10.2 Å². The van der Waals surface area contributed by atoms with E-state index >= 15 is 0 Å². The van der Waals surface area contributed by atoms with E-state index in [1.54, 1.807) is 0 Å². The Balaban J connectivity index is 2.59. The van der Waals surface area contributed by atoms with Gasteiger partial charge in [-0.25, -0.2) is 0 Å². The van der Waals surface area contributed by atoms with Crippen LogP contribution in [0.3, 0.4) is 0 Å². The molecule has 0 saturated heterocycles. The lowest BCUT2D eigenvalue weighted by Crippen LogP contribution is -2.20. The zero-order valence-corrected chi connectivity index (χ0v) is 7.84. The molecule has 0 spiro atoms. The first-order valence-electron chi connectivity index (χ1n) is 4.04. The van der Waals surface area contributed by atoms with Gasteiger partial charge in [-0.15, -0.1) is 20.4 Å². The summed E-state index contributed by atoms with van der Waals surface area (Å²) in [6, 6.07) is 0. The quantitative estimate of drug-likeness (QED) is 0.446. The highest BCUT2D eigenvalue weighted by Gasteiger charge is 2.03. The first kappa shape index (κ1) is 10.5. The molecule has 78 valence electrons. The molecule has 0 aliphatic rings. The van der Waals surface area contributed by atoms with Gasteiger partial charge in [-0.2, -0.15) is 0 Å². The number of hydrogen-bond acceptors (Lipinski definition) is 8. The number of aliphatic hydroxyl groups excluding tert-OH is 2. The van der Waals surface area contributed by atoms with Crippen molar-refractivity contribution in [2.75, 3.05) is 10.6 Å². The van der Waals surface area contributed by atoms with Gasteiger partial charge in [0.1, 0.15) is 12.5 Å². The average Bonchev–Trinajstić information content (AvgIpc) is 2.06. The van der Waals surface area contributed by atoms with Gasteiger partial charge in [0.05, 0.1) is 0 Å². The van der Waals surface area contributed by atoms with Crippen molar-refractivity contribution in [2.45, 2.75) is 26.3 Å². The molecule has 1 rings (SSSR count). The molecular weight excluding hydrogens is 188 g/mol. The number of aromatic nitrogens is 4. The van der Waals surface area contributed by atoms with Crippen molar-refractivity contribution in [1.29, 1.82) is 0 Å². The summed E-state index contributed by atoms with van der Waals surface area (Å²) in [6.45, 7) is 3.04. The maximum absolute atomic E-state index is 8.92. The molecule has 2 atom stereocenters. The Bertz CT molecular complexity index is 245. The van der Waals surface area contributed by atoms with E-state index < -0.39 is 12.5 Å². The van der Waals surface area contributed by atoms with Crippen molar-refractivity contribution < 1.29 is 10.2 Å². The zero-order chi connectivity index (χ0) is 10.6. The third kappa shape index (κ3) is 3.46. The van der Waals surface area contributed by atoms with Crippen molar-refractivity contribution in [3.8, 4) is 0 Å². The number of hydrogen-bond donors (Lipinski definition) is 4. The summed E-state index contributed by atoms with van der Waals surface area (Å²) in [4.78, 5) is 0. The minimum absolute atomic E-state index is 0.121. The lowest BCUT2D eigenvalue weighted by atomic mass is 10.6. The molecule has 1 aromatic rings. The van der Waals surface area contributed by atoms with Gasteiger partial charge in [0.25, 0.3) is 11.9 Å². The van der Waals surface area contributed by atoms with Crippen molar-refractivity contribution in [3.63, 3.8) is 0 Å². The van der Waals surface area contributed by atoms with Crippen LogP contribution in [-0.2, 0) is 0 Å². The molecule has 1 aromatic heterocycles. The zero-order valence-electron chi connectivity index (χ0n) is 7.84. The van der Waals surface area contributed by atoms with Crippen molar-refractivity contribution >= 4 is 11.9 Å². The second-order valence-corrected chi connectivity index (χ2v) is 2.69. The molecule has 1 heterocycles. The first-order valence-corrected chi connectivity index (χ1v) is 4.04.